The Morgan fingerprint density at radius 1 is 1.22 bits per heavy atom. The summed E-state index contributed by atoms with van der Waals surface area (Å²) in [6, 6.07) is 12.3. The van der Waals surface area contributed by atoms with Crippen molar-refractivity contribution in [1.82, 2.24) is 5.32 Å². The number of nitrogens with one attached hydrogen (secondary N) is 1. The molecule has 0 heterocycles. The average molecular weight is 463 g/mol. The second kappa shape index (κ2) is 10.4. The van der Waals surface area contributed by atoms with Gasteiger partial charge in [0, 0.05) is 18.2 Å². The molecule has 32 heavy (non-hydrogen) atoms. The Bertz CT molecular complexity index is 1040. The lowest BCUT2D eigenvalue weighted by Crippen LogP contribution is -2.31. The van der Waals surface area contributed by atoms with Crippen LogP contribution in [-0.4, -0.2) is 33.7 Å². The normalized spacial score (nSPS) is 19.5. The smallest absolute Gasteiger partial charge is 0.251 e. The third kappa shape index (κ3) is 6.53. The van der Waals surface area contributed by atoms with Gasteiger partial charge in [0.15, 0.2) is 0 Å². The predicted octanol–water partition coefficient (Wildman–Crippen LogP) is 3.93. The molecule has 174 valence electrons. The van der Waals surface area contributed by atoms with Gasteiger partial charge in [0.2, 0.25) is 10.0 Å². The van der Waals surface area contributed by atoms with E-state index in [1.54, 1.807) is 19.2 Å². The molecule has 3 rings (SSSR count). The number of hydrogen-bond donors (Lipinski definition) is 2. The first-order chi connectivity index (χ1) is 15.2. The third-order valence-electron chi connectivity index (χ3n) is 6.27. The maximum Gasteiger partial charge on any atom is 0.251 e. The molecule has 1 aliphatic carbocycles. The molecule has 0 spiro atoms. The number of methoxy groups -OCH3 is 1. The van der Waals surface area contributed by atoms with Crippen molar-refractivity contribution >= 4 is 15.9 Å². The number of rotatable bonds is 9. The van der Waals surface area contributed by atoms with E-state index in [9.17, 15) is 17.6 Å². The lowest BCUT2D eigenvalue weighted by molar-refractivity contribution is 0.0956. The number of ether oxygens (including phenoxy) is 1. The lowest BCUT2D eigenvalue weighted by Gasteiger charge is -2.19. The zero-order valence-electron chi connectivity index (χ0n) is 18.5. The molecule has 0 radical (unpaired) electrons. The van der Waals surface area contributed by atoms with Crippen molar-refractivity contribution in [3.63, 3.8) is 0 Å². The largest absolute Gasteiger partial charge is 0.496 e. The van der Waals surface area contributed by atoms with Gasteiger partial charge in [-0.05, 0) is 72.8 Å². The molecular weight excluding hydrogens is 431 g/mol. The number of primary sulfonamides is 1. The Balaban J connectivity index is 1.54. The molecule has 0 aliphatic heterocycles. The summed E-state index contributed by atoms with van der Waals surface area (Å²) < 4.78 is 40.8. The van der Waals surface area contributed by atoms with E-state index < -0.39 is 10.0 Å². The fraction of sp³-hybridized carbons (Fsp3) is 0.458. The summed E-state index contributed by atoms with van der Waals surface area (Å²) in [4.78, 5) is 12.2. The zero-order valence-corrected chi connectivity index (χ0v) is 19.3. The number of halogens is 1. The van der Waals surface area contributed by atoms with Crippen LogP contribution in [0.2, 0.25) is 0 Å². The Hall–Kier alpha value is -2.45. The van der Waals surface area contributed by atoms with Crippen molar-refractivity contribution in [3.8, 4) is 5.75 Å². The van der Waals surface area contributed by atoms with Crippen LogP contribution >= 0.6 is 0 Å². The van der Waals surface area contributed by atoms with E-state index in [0.29, 0.717) is 23.1 Å². The maximum absolute atomic E-state index is 13.5. The summed E-state index contributed by atoms with van der Waals surface area (Å²) in [5, 5.41) is 7.51. The van der Waals surface area contributed by atoms with Crippen molar-refractivity contribution in [1.29, 1.82) is 0 Å². The van der Waals surface area contributed by atoms with Crippen LogP contribution < -0.4 is 15.2 Å². The van der Waals surface area contributed by atoms with Gasteiger partial charge in [-0.15, -0.1) is 0 Å². The molecule has 1 amide bonds. The highest BCUT2D eigenvalue weighted by atomic mass is 32.2. The maximum atomic E-state index is 13.5. The van der Waals surface area contributed by atoms with Crippen molar-refractivity contribution in [3.05, 3.63) is 65.0 Å². The van der Waals surface area contributed by atoms with Crippen molar-refractivity contribution < 1.29 is 22.3 Å². The fourth-order valence-electron chi connectivity index (χ4n) is 4.63. The Kier molecular flexibility index (Phi) is 7.90. The molecule has 3 N–H and O–H groups in total. The van der Waals surface area contributed by atoms with Gasteiger partial charge in [0.1, 0.15) is 11.6 Å². The molecule has 0 bridgehead atoms. The highest BCUT2D eigenvalue weighted by Gasteiger charge is 2.28. The minimum atomic E-state index is -3.60. The van der Waals surface area contributed by atoms with Crippen LogP contribution in [-0.2, 0) is 10.0 Å². The van der Waals surface area contributed by atoms with Crippen molar-refractivity contribution in [2.75, 3.05) is 19.4 Å². The highest BCUT2D eigenvalue weighted by molar-refractivity contribution is 7.89. The summed E-state index contributed by atoms with van der Waals surface area (Å²) in [6.45, 7) is 2.15. The number of hydrogen-bond acceptors (Lipinski definition) is 4. The molecule has 1 unspecified atom stereocenters. The van der Waals surface area contributed by atoms with Gasteiger partial charge < -0.3 is 10.1 Å². The van der Waals surface area contributed by atoms with Gasteiger partial charge in [-0.3, -0.25) is 4.79 Å². The van der Waals surface area contributed by atoms with Gasteiger partial charge in [0.25, 0.3) is 5.91 Å². The molecule has 1 saturated carbocycles. The van der Waals surface area contributed by atoms with Gasteiger partial charge in [0.05, 0.1) is 12.9 Å². The molecule has 8 heteroatoms. The van der Waals surface area contributed by atoms with E-state index in [4.69, 9.17) is 9.88 Å². The van der Waals surface area contributed by atoms with Crippen molar-refractivity contribution in [2.24, 2.45) is 11.1 Å². The number of carbonyl (C=O) groups is 1. The van der Waals surface area contributed by atoms with Gasteiger partial charge in [-0.1, -0.05) is 25.1 Å². The SMILES string of the molecule is COc1cc(F)ccc1[C@@H](C)CC1CC[C@H](c2ccc(C(=O)NCCS(N)(=O)=O)cc2)C1. The lowest BCUT2D eigenvalue weighted by atomic mass is 9.87. The minimum absolute atomic E-state index is 0.0131. The van der Waals surface area contributed by atoms with E-state index in [1.165, 1.54) is 17.7 Å². The van der Waals surface area contributed by atoms with Gasteiger partial charge >= 0.3 is 0 Å². The summed E-state index contributed by atoms with van der Waals surface area (Å²) in [6.07, 6.45) is 4.32. The summed E-state index contributed by atoms with van der Waals surface area (Å²) >= 11 is 0. The van der Waals surface area contributed by atoms with Gasteiger partial charge in [-0.2, -0.15) is 0 Å². The molecule has 0 saturated heterocycles. The number of benzene rings is 2. The molecule has 6 nitrogen and oxygen atoms in total. The second-order valence-corrected chi connectivity index (χ2v) is 10.4. The number of nitrogens with two attached hydrogens (primary N) is 1. The van der Waals surface area contributed by atoms with Crippen LogP contribution in [0.1, 0.15) is 65.9 Å². The van der Waals surface area contributed by atoms with Crippen LogP contribution in [0.4, 0.5) is 4.39 Å². The Morgan fingerprint density at radius 2 is 1.94 bits per heavy atom. The molecule has 3 atom stereocenters. The molecule has 2 aromatic carbocycles. The zero-order chi connectivity index (χ0) is 23.3. The van der Waals surface area contributed by atoms with E-state index in [2.05, 4.69) is 12.2 Å². The summed E-state index contributed by atoms with van der Waals surface area (Å²) in [5.74, 6) is 1.00. The standard InChI is InChI=1S/C24H31FN2O4S/c1-16(22-10-9-21(25)15-23(22)31-2)13-17-3-4-20(14-17)18-5-7-19(8-6-18)24(28)27-11-12-32(26,29)30/h5-10,15-17,20H,3-4,11-14H2,1-2H3,(H,27,28)(H2,26,29,30)/t16-,17?,20-/m0/s1. The van der Waals surface area contributed by atoms with Crippen LogP contribution in [0, 0.1) is 11.7 Å². The van der Waals surface area contributed by atoms with Crippen LogP contribution in [0.15, 0.2) is 42.5 Å². The predicted molar refractivity (Wildman–Crippen MR) is 123 cm³/mol. The monoisotopic (exact) mass is 462 g/mol. The number of carbonyl (C=O) groups excluding carboxylic acids is 1. The quantitative estimate of drug-likeness (QED) is 0.590. The summed E-state index contributed by atoms with van der Waals surface area (Å²) in [7, 11) is -2.03. The molecule has 1 aliphatic rings. The fourth-order valence-corrected chi connectivity index (χ4v) is 5.01. The molecular formula is C24H31FN2O4S. The molecule has 2 aromatic rings. The first-order valence-electron chi connectivity index (χ1n) is 10.9. The first-order valence-corrected chi connectivity index (χ1v) is 12.6. The number of amides is 1. The average Bonchev–Trinajstić information content (AvgIpc) is 3.21. The van der Waals surface area contributed by atoms with Crippen molar-refractivity contribution in [2.45, 2.75) is 44.4 Å². The third-order valence-corrected chi connectivity index (χ3v) is 7.04. The second-order valence-electron chi connectivity index (χ2n) is 8.64. The molecule has 1 fully saturated rings. The minimum Gasteiger partial charge on any atom is -0.496 e. The van der Waals surface area contributed by atoms with E-state index in [1.807, 2.05) is 18.2 Å². The van der Waals surface area contributed by atoms with Gasteiger partial charge in [-0.25, -0.2) is 17.9 Å². The van der Waals surface area contributed by atoms with Crippen LogP contribution in [0.3, 0.4) is 0 Å². The Labute approximate surface area is 189 Å². The highest BCUT2D eigenvalue weighted by Crippen LogP contribution is 2.43. The summed E-state index contributed by atoms with van der Waals surface area (Å²) in [5.41, 5.74) is 2.74. The van der Waals surface area contributed by atoms with E-state index in [0.717, 1.165) is 31.2 Å². The first kappa shape index (κ1) is 24.2. The molecule has 0 aromatic heterocycles. The van der Waals surface area contributed by atoms with E-state index in [-0.39, 0.29) is 29.9 Å². The number of sulfonamides is 1. The topological polar surface area (TPSA) is 98.5 Å². The Morgan fingerprint density at radius 3 is 2.59 bits per heavy atom. The van der Waals surface area contributed by atoms with Crippen LogP contribution in [0.5, 0.6) is 5.75 Å². The van der Waals surface area contributed by atoms with E-state index >= 15 is 0 Å². The van der Waals surface area contributed by atoms with Crippen LogP contribution in [0.25, 0.3) is 0 Å².